The second-order valence-electron chi connectivity index (χ2n) is 5.17. The predicted molar refractivity (Wildman–Crippen MR) is 72.5 cm³/mol. The summed E-state index contributed by atoms with van der Waals surface area (Å²) in [6.07, 6.45) is -0.599. The molecule has 7 nitrogen and oxygen atoms in total. The summed E-state index contributed by atoms with van der Waals surface area (Å²) >= 11 is 0. The van der Waals surface area contributed by atoms with E-state index < -0.39 is 5.97 Å². The van der Waals surface area contributed by atoms with Gasteiger partial charge in [-0.05, 0) is 20.8 Å². The maximum absolute atomic E-state index is 12.5. The zero-order valence-corrected chi connectivity index (χ0v) is 12.3. The molecule has 0 bridgehead atoms. The summed E-state index contributed by atoms with van der Waals surface area (Å²) in [5, 5.41) is 18.0. The van der Waals surface area contributed by atoms with E-state index in [4.69, 9.17) is 9.84 Å². The van der Waals surface area contributed by atoms with Gasteiger partial charge in [0.25, 0.3) is 0 Å². The second kappa shape index (κ2) is 7.44. The fraction of sp³-hybridized carbons (Fsp3) is 0.846. The molecule has 1 rings (SSSR count). The average molecular weight is 288 g/mol. The maximum Gasteiger partial charge on any atom is 0.320 e. The summed E-state index contributed by atoms with van der Waals surface area (Å²) in [7, 11) is 0. The van der Waals surface area contributed by atoms with E-state index in [0.29, 0.717) is 19.6 Å². The first-order valence-electron chi connectivity index (χ1n) is 6.92. The van der Waals surface area contributed by atoms with Crippen molar-refractivity contribution in [3.05, 3.63) is 0 Å². The molecule has 0 aromatic carbocycles. The van der Waals surface area contributed by atoms with Crippen LogP contribution in [0.2, 0.25) is 0 Å². The van der Waals surface area contributed by atoms with E-state index in [1.165, 1.54) is 0 Å². The van der Waals surface area contributed by atoms with Gasteiger partial charge in [-0.1, -0.05) is 0 Å². The predicted octanol–water partition coefficient (Wildman–Crippen LogP) is 0.373. The topological polar surface area (TPSA) is 90.3 Å². The van der Waals surface area contributed by atoms with E-state index >= 15 is 0 Å². The molecule has 116 valence electrons. The van der Waals surface area contributed by atoms with Gasteiger partial charge in [-0.15, -0.1) is 0 Å². The van der Waals surface area contributed by atoms with Crippen LogP contribution in [-0.4, -0.2) is 76.5 Å². The van der Waals surface area contributed by atoms with Gasteiger partial charge in [0.2, 0.25) is 0 Å². The number of amides is 2. The molecule has 1 fully saturated rings. The number of carbonyl (C=O) groups excluding carboxylic acids is 1. The van der Waals surface area contributed by atoms with E-state index in [1.807, 2.05) is 13.8 Å². The summed E-state index contributed by atoms with van der Waals surface area (Å²) in [5.41, 5.74) is 0. The lowest BCUT2D eigenvalue weighted by atomic mass is 10.2. The molecule has 2 N–H and O–H groups in total. The highest BCUT2D eigenvalue weighted by Gasteiger charge is 2.32. The van der Waals surface area contributed by atoms with E-state index in [1.54, 1.807) is 16.7 Å². The van der Waals surface area contributed by atoms with Crippen molar-refractivity contribution in [3.63, 3.8) is 0 Å². The average Bonchev–Trinajstić information content (AvgIpc) is 2.37. The van der Waals surface area contributed by atoms with E-state index in [2.05, 4.69) is 0 Å². The number of urea groups is 1. The lowest BCUT2D eigenvalue weighted by molar-refractivity contribution is -0.138. The summed E-state index contributed by atoms with van der Waals surface area (Å²) in [6, 6.07) is -0.564. The molecule has 0 radical (unpaired) electrons. The fourth-order valence-electron chi connectivity index (χ4n) is 2.48. The molecule has 0 aliphatic carbocycles. The van der Waals surface area contributed by atoms with Gasteiger partial charge in [0, 0.05) is 19.1 Å². The molecule has 3 atom stereocenters. The smallest absolute Gasteiger partial charge is 0.320 e. The Kier molecular flexibility index (Phi) is 6.22. The monoisotopic (exact) mass is 288 g/mol. The Morgan fingerprint density at radius 2 is 2.10 bits per heavy atom. The fourth-order valence-corrected chi connectivity index (χ4v) is 2.48. The summed E-state index contributed by atoms with van der Waals surface area (Å²) in [5.74, 6) is -0.924. The van der Waals surface area contributed by atoms with Gasteiger partial charge >= 0.3 is 12.0 Å². The molecule has 1 saturated heterocycles. The molecular weight excluding hydrogens is 264 g/mol. The molecular formula is C13H24N2O5. The van der Waals surface area contributed by atoms with Gasteiger partial charge in [0.1, 0.15) is 0 Å². The molecule has 1 aliphatic rings. The van der Waals surface area contributed by atoms with Crippen LogP contribution in [-0.2, 0) is 9.53 Å². The number of carbonyl (C=O) groups is 2. The minimum atomic E-state index is -0.924. The van der Waals surface area contributed by atoms with Crippen LogP contribution >= 0.6 is 0 Å². The number of nitrogens with zero attached hydrogens (tertiary/aromatic N) is 2. The van der Waals surface area contributed by atoms with Crippen LogP contribution in [0.4, 0.5) is 4.79 Å². The quantitative estimate of drug-likeness (QED) is 0.763. The molecule has 2 amide bonds. The van der Waals surface area contributed by atoms with Crippen molar-refractivity contribution in [1.29, 1.82) is 0 Å². The lowest BCUT2D eigenvalue weighted by Gasteiger charge is -2.40. The van der Waals surface area contributed by atoms with Gasteiger partial charge in [-0.2, -0.15) is 0 Å². The first-order valence-corrected chi connectivity index (χ1v) is 6.92. The van der Waals surface area contributed by atoms with Gasteiger partial charge in [-0.25, -0.2) is 4.79 Å². The maximum atomic E-state index is 12.5. The van der Waals surface area contributed by atoms with Crippen molar-refractivity contribution < 1.29 is 24.5 Å². The molecule has 20 heavy (non-hydrogen) atoms. The number of rotatable bonds is 5. The van der Waals surface area contributed by atoms with Crippen LogP contribution in [0.3, 0.4) is 0 Å². The minimum absolute atomic E-state index is 0.0805. The lowest BCUT2D eigenvalue weighted by Crippen LogP contribution is -2.56. The highest BCUT2D eigenvalue weighted by Crippen LogP contribution is 2.15. The van der Waals surface area contributed by atoms with Gasteiger partial charge in [0.05, 0.1) is 31.8 Å². The van der Waals surface area contributed by atoms with Gasteiger partial charge in [-0.3, -0.25) is 4.79 Å². The van der Waals surface area contributed by atoms with Crippen LogP contribution < -0.4 is 0 Å². The second-order valence-corrected chi connectivity index (χ2v) is 5.17. The van der Waals surface area contributed by atoms with Crippen molar-refractivity contribution in [2.45, 2.75) is 45.4 Å². The SMILES string of the molecule is CCN(C(=O)N1CC(C)OC(CO)C1)C(C)CC(=O)O. The van der Waals surface area contributed by atoms with Crippen molar-refractivity contribution in [2.75, 3.05) is 26.2 Å². The Labute approximate surface area is 119 Å². The molecule has 0 spiro atoms. The van der Waals surface area contributed by atoms with Crippen LogP contribution in [0, 0.1) is 0 Å². The van der Waals surface area contributed by atoms with Crippen molar-refractivity contribution in [1.82, 2.24) is 9.80 Å². The zero-order chi connectivity index (χ0) is 15.3. The first kappa shape index (κ1) is 16.7. The molecule has 3 unspecified atom stereocenters. The minimum Gasteiger partial charge on any atom is -0.481 e. The molecule has 1 aliphatic heterocycles. The molecule has 7 heteroatoms. The summed E-state index contributed by atoms with van der Waals surface area (Å²) < 4.78 is 5.50. The molecule has 0 saturated carbocycles. The molecule has 1 heterocycles. The van der Waals surface area contributed by atoms with E-state index in [-0.39, 0.29) is 37.3 Å². The normalized spacial score (nSPS) is 24.3. The molecule has 0 aromatic heterocycles. The van der Waals surface area contributed by atoms with Crippen LogP contribution in [0.25, 0.3) is 0 Å². The number of ether oxygens (including phenoxy) is 1. The Morgan fingerprint density at radius 1 is 1.45 bits per heavy atom. The standard InChI is InChI=1S/C13H24N2O5/c1-4-15(9(2)5-12(17)18)13(19)14-6-10(3)20-11(7-14)8-16/h9-11,16H,4-8H2,1-3H3,(H,17,18). The molecule has 0 aromatic rings. The van der Waals surface area contributed by atoms with Gasteiger partial charge < -0.3 is 24.7 Å². The van der Waals surface area contributed by atoms with Crippen molar-refractivity contribution >= 4 is 12.0 Å². The number of hydrogen-bond donors (Lipinski definition) is 2. The Bertz CT molecular complexity index is 350. The first-order chi connectivity index (χ1) is 9.38. The number of carboxylic acid groups (broad SMARTS) is 1. The highest BCUT2D eigenvalue weighted by atomic mass is 16.5. The largest absolute Gasteiger partial charge is 0.481 e. The van der Waals surface area contributed by atoms with Crippen molar-refractivity contribution in [2.24, 2.45) is 0 Å². The number of aliphatic hydroxyl groups excluding tert-OH is 1. The van der Waals surface area contributed by atoms with Crippen LogP contribution in [0.1, 0.15) is 27.2 Å². The van der Waals surface area contributed by atoms with Gasteiger partial charge in [0.15, 0.2) is 0 Å². The third-order valence-electron chi connectivity index (χ3n) is 3.39. The Hall–Kier alpha value is -1.34. The Morgan fingerprint density at radius 3 is 2.60 bits per heavy atom. The summed E-state index contributed by atoms with van der Waals surface area (Å²) in [6.45, 7) is 6.49. The summed E-state index contributed by atoms with van der Waals surface area (Å²) in [4.78, 5) is 26.4. The third kappa shape index (κ3) is 4.35. The van der Waals surface area contributed by atoms with Crippen LogP contribution in [0.15, 0.2) is 0 Å². The number of hydrogen-bond acceptors (Lipinski definition) is 4. The zero-order valence-electron chi connectivity index (χ0n) is 12.3. The van der Waals surface area contributed by atoms with E-state index in [9.17, 15) is 14.7 Å². The Balaban J connectivity index is 2.72. The third-order valence-corrected chi connectivity index (χ3v) is 3.39. The van der Waals surface area contributed by atoms with E-state index in [0.717, 1.165) is 0 Å². The number of aliphatic carboxylic acids is 1. The number of morpholine rings is 1. The highest BCUT2D eigenvalue weighted by molar-refractivity contribution is 5.76. The van der Waals surface area contributed by atoms with Crippen molar-refractivity contribution in [3.8, 4) is 0 Å². The number of carboxylic acids is 1. The van der Waals surface area contributed by atoms with Crippen LogP contribution in [0.5, 0.6) is 0 Å². The number of aliphatic hydroxyl groups is 1.